The van der Waals surface area contributed by atoms with Crippen LogP contribution in [0.2, 0.25) is 0 Å². The van der Waals surface area contributed by atoms with E-state index in [1.807, 2.05) is 0 Å². The number of aryl methyl sites for hydroxylation is 2. The average Bonchev–Trinajstić information content (AvgIpc) is 3.51. The summed E-state index contributed by atoms with van der Waals surface area (Å²) >= 11 is 1.53. The number of nitrogens with one attached hydrogen (secondary N) is 1. The maximum atomic E-state index is 12.8. The number of H-pyrrole nitrogens is 1. The molecule has 0 atom stereocenters. The Morgan fingerprint density at radius 2 is 2.12 bits per heavy atom. The van der Waals surface area contributed by atoms with Crippen molar-refractivity contribution in [2.45, 2.75) is 25.7 Å². The number of allylic oxidation sites excluding steroid dienone is 1. The number of ether oxygens (including phenoxy) is 2. The average molecular weight is 474 g/mol. The van der Waals surface area contributed by atoms with Gasteiger partial charge >= 0.3 is 5.97 Å². The van der Waals surface area contributed by atoms with Crippen LogP contribution in [0.15, 0.2) is 45.8 Å². The van der Waals surface area contributed by atoms with Gasteiger partial charge in [-0.25, -0.2) is 9.78 Å². The van der Waals surface area contributed by atoms with Crippen LogP contribution in [-0.4, -0.2) is 23.0 Å². The SMILES string of the molecule is COc1cc(C=C(C#N)c2nc3sc4c(c3c(=O)[nH]2)CCCC4)ccc1OC(=O)c1ccco1. The second kappa shape index (κ2) is 9.00. The van der Waals surface area contributed by atoms with E-state index < -0.39 is 5.97 Å². The van der Waals surface area contributed by atoms with Gasteiger partial charge in [0.25, 0.3) is 5.56 Å². The highest BCUT2D eigenvalue weighted by molar-refractivity contribution is 7.18. The highest BCUT2D eigenvalue weighted by Crippen LogP contribution is 2.34. The number of rotatable bonds is 5. The van der Waals surface area contributed by atoms with Crippen molar-refractivity contribution in [1.82, 2.24) is 9.97 Å². The number of hydrogen-bond donors (Lipinski definition) is 1. The van der Waals surface area contributed by atoms with Crippen LogP contribution in [0.1, 0.15) is 45.2 Å². The van der Waals surface area contributed by atoms with Crippen molar-refractivity contribution >= 4 is 39.2 Å². The molecule has 8 nitrogen and oxygen atoms in total. The standard InChI is InChI=1S/C25H19N3O5S/c1-31-19-12-14(8-9-17(19)33-25(30)18-6-4-10-32-18)11-15(13-26)22-27-23(29)21-16-5-2-3-7-20(16)34-24(21)28-22/h4,6,8-12H,2-3,5,7H2,1H3,(H,27,28,29). The number of fused-ring (bicyclic) bond motifs is 3. The molecule has 0 unspecified atom stereocenters. The van der Waals surface area contributed by atoms with Crippen molar-refractivity contribution in [3.8, 4) is 17.6 Å². The minimum atomic E-state index is -0.655. The first-order valence-corrected chi connectivity index (χ1v) is 11.5. The summed E-state index contributed by atoms with van der Waals surface area (Å²) in [6.45, 7) is 0. The van der Waals surface area contributed by atoms with Crippen molar-refractivity contribution in [3.63, 3.8) is 0 Å². The third kappa shape index (κ3) is 4.00. The number of carbonyl (C=O) groups is 1. The summed E-state index contributed by atoms with van der Waals surface area (Å²) in [4.78, 5) is 34.3. The zero-order valence-corrected chi connectivity index (χ0v) is 19.0. The Kier molecular flexibility index (Phi) is 5.74. The Labute approximate surface area is 198 Å². The van der Waals surface area contributed by atoms with Gasteiger partial charge in [-0.15, -0.1) is 11.3 Å². The van der Waals surface area contributed by atoms with E-state index >= 15 is 0 Å². The van der Waals surface area contributed by atoms with E-state index in [0.29, 0.717) is 21.5 Å². The number of furan rings is 1. The number of thiophene rings is 1. The highest BCUT2D eigenvalue weighted by atomic mass is 32.1. The number of nitriles is 1. The van der Waals surface area contributed by atoms with Crippen LogP contribution in [0.5, 0.6) is 11.5 Å². The van der Waals surface area contributed by atoms with E-state index in [-0.39, 0.29) is 28.5 Å². The topological polar surface area (TPSA) is 118 Å². The van der Waals surface area contributed by atoms with E-state index in [1.54, 1.807) is 30.3 Å². The molecule has 0 saturated carbocycles. The molecule has 0 radical (unpaired) electrons. The quantitative estimate of drug-likeness (QED) is 0.252. The third-order valence-corrected chi connectivity index (χ3v) is 6.81. The van der Waals surface area contributed by atoms with E-state index in [9.17, 15) is 14.9 Å². The summed E-state index contributed by atoms with van der Waals surface area (Å²) in [5, 5.41) is 10.4. The van der Waals surface area contributed by atoms with Gasteiger partial charge in [0.15, 0.2) is 17.3 Å². The molecule has 0 saturated heterocycles. The zero-order chi connectivity index (χ0) is 23.7. The molecule has 4 aromatic rings. The van der Waals surface area contributed by atoms with Crippen LogP contribution in [0.3, 0.4) is 0 Å². The van der Waals surface area contributed by atoms with Gasteiger partial charge < -0.3 is 18.9 Å². The summed E-state index contributed by atoms with van der Waals surface area (Å²) in [7, 11) is 1.45. The van der Waals surface area contributed by atoms with Gasteiger partial charge in [0.1, 0.15) is 10.9 Å². The van der Waals surface area contributed by atoms with Crippen molar-refractivity contribution < 1.29 is 18.7 Å². The monoisotopic (exact) mass is 473 g/mol. The maximum Gasteiger partial charge on any atom is 0.379 e. The molecule has 3 heterocycles. The first kappa shape index (κ1) is 21.7. The number of aromatic nitrogens is 2. The highest BCUT2D eigenvalue weighted by Gasteiger charge is 2.21. The predicted octanol–water partition coefficient (Wildman–Crippen LogP) is 4.75. The molecule has 0 aliphatic heterocycles. The lowest BCUT2D eigenvalue weighted by Gasteiger charge is -2.10. The summed E-state index contributed by atoms with van der Waals surface area (Å²) < 4.78 is 15.8. The molecule has 9 heteroatoms. The van der Waals surface area contributed by atoms with Crippen LogP contribution >= 0.6 is 11.3 Å². The molecule has 1 N–H and O–H groups in total. The number of nitrogens with zero attached hydrogens (tertiary/aromatic N) is 2. The summed E-state index contributed by atoms with van der Waals surface area (Å²) in [5.41, 5.74) is 1.68. The fourth-order valence-corrected chi connectivity index (χ4v) is 5.28. The van der Waals surface area contributed by atoms with Crippen molar-refractivity contribution in [1.29, 1.82) is 5.26 Å². The Hall–Kier alpha value is -4.16. The second-order valence-electron chi connectivity index (χ2n) is 7.75. The predicted molar refractivity (Wildman–Crippen MR) is 127 cm³/mol. The van der Waals surface area contributed by atoms with Gasteiger partial charge in [0.2, 0.25) is 5.76 Å². The van der Waals surface area contributed by atoms with Crippen molar-refractivity contribution in [2.75, 3.05) is 7.11 Å². The summed E-state index contributed by atoms with van der Waals surface area (Å²) in [6, 6.07) is 10.1. The molecular formula is C25H19N3O5S. The van der Waals surface area contributed by atoms with Crippen molar-refractivity contribution in [3.05, 3.63) is 74.5 Å². The zero-order valence-electron chi connectivity index (χ0n) is 18.2. The summed E-state index contributed by atoms with van der Waals surface area (Å²) in [6.07, 6.45) is 7.00. The van der Waals surface area contributed by atoms with Gasteiger partial charge in [-0.05, 0) is 67.2 Å². The molecule has 1 aromatic carbocycles. The molecule has 1 aliphatic rings. The second-order valence-corrected chi connectivity index (χ2v) is 8.84. The molecular weight excluding hydrogens is 454 g/mol. The van der Waals surface area contributed by atoms with Crippen LogP contribution in [-0.2, 0) is 12.8 Å². The first-order valence-electron chi connectivity index (χ1n) is 10.7. The third-order valence-electron chi connectivity index (χ3n) is 5.62. The van der Waals surface area contributed by atoms with E-state index in [0.717, 1.165) is 31.2 Å². The molecule has 5 rings (SSSR count). The van der Waals surface area contributed by atoms with E-state index in [2.05, 4.69) is 16.0 Å². The van der Waals surface area contributed by atoms with E-state index in [1.165, 1.54) is 35.7 Å². The molecule has 3 aromatic heterocycles. The molecule has 34 heavy (non-hydrogen) atoms. The molecule has 0 spiro atoms. The van der Waals surface area contributed by atoms with E-state index in [4.69, 9.17) is 13.9 Å². The Morgan fingerprint density at radius 1 is 1.26 bits per heavy atom. The number of methoxy groups -OCH3 is 1. The van der Waals surface area contributed by atoms with Crippen LogP contribution in [0.4, 0.5) is 0 Å². The number of aromatic amines is 1. The number of benzene rings is 1. The molecule has 0 bridgehead atoms. The molecule has 1 aliphatic carbocycles. The smallest absolute Gasteiger partial charge is 0.379 e. The largest absolute Gasteiger partial charge is 0.493 e. The number of hydrogen-bond acceptors (Lipinski definition) is 8. The Bertz CT molecular complexity index is 1520. The summed E-state index contributed by atoms with van der Waals surface area (Å²) in [5.74, 6) is 0.132. The molecule has 0 amide bonds. The molecule has 0 fully saturated rings. The first-order chi connectivity index (χ1) is 16.6. The fourth-order valence-electron chi connectivity index (χ4n) is 4.01. The lowest BCUT2D eigenvalue weighted by atomic mass is 9.97. The van der Waals surface area contributed by atoms with Gasteiger partial charge in [-0.3, -0.25) is 4.79 Å². The Balaban J connectivity index is 1.48. The maximum absolute atomic E-state index is 12.8. The number of carbonyl (C=O) groups excluding carboxylic acids is 1. The van der Waals surface area contributed by atoms with Crippen LogP contribution < -0.4 is 15.0 Å². The normalized spacial score (nSPS) is 13.4. The van der Waals surface area contributed by atoms with Crippen LogP contribution in [0, 0.1) is 11.3 Å². The fraction of sp³-hybridized carbons (Fsp3) is 0.200. The number of esters is 1. The van der Waals surface area contributed by atoms with Gasteiger partial charge in [0, 0.05) is 4.88 Å². The van der Waals surface area contributed by atoms with Gasteiger partial charge in [-0.2, -0.15) is 5.26 Å². The van der Waals surface area contributed by atoms with Crippen LogP contribution in [0.25, 0.3) is 21.9 Å². The van der Waals surface area contributed by atoms with Gasteiger partial charge in [0.05, 0.1) is 24.3 Å². The lowest BCUT2D eigenvalue weighted by Crippen LogP contribution is -2.12. The van der Waals surface area contributed by atoms with Crippen molar-refractivity contribution in [2.24, 2.45) is 0 Å². The lowest BCUT2D eigenvalue weighted by molar-refractivity contribution is 0.0696. The minimum absolute atomic E-state index is 0.0680. The Morgan fingerprint density at radius 3 is 2.88 bits per heavy atom. The minimum Gasteiger partial charge on any atom is -0.493 e. The molecule has 170 valence electrons. The van der Waals surface area contributed by atoms with Gasteiger partial charge in [-0.1, -0.05) is 6.07 Å².